The molecule has 0 aromatic rings. The summed E-state index contributed by atoms with van der Waals surface area (Å²) in [7, 11) is 0. The molecule has 0 saturated heterocycles. The van der Waals surface area contributed by atoms with Gasteiger partial charge in [-0.1, -0.05) is 58.3 Å². The van der Waals surface area contributed by atoms with E-state index < -0.39 is 35.7 Å². The molecule has 2 atom stereocenters. The summed E-state index contributed by atoms with van der Waals surface area (Å²) in [5.74, 6) is -3.88. The van der Waals surface area contributed by atoms with Gasteiger partial charge in [0.2, 0.25) is 0 Å². The zero-order chi connectivity index (χ0) is 18.6. The van der Waals surface area contributed by atoms with Gasteiger partial charge < -0.3 is 20.1 Å². The van der Waals surface area contributed by atoms with E-state index in [1.807, 2.05) is 0 Å². The largest absolute Gasteiger partial charge is 1.00 e. The van der Waals surface area contributed by atoms with Crippen molar-refractivity contribution >= 4 is 17.5 Å². The van der Waals surface area contributed by atoms with Gasteiger partial charge in [-0.2, -0.15) is 0 Å². The molecule has 140 valence electrons. The summed E-state index contributed by atoms with van der Waals surface area (Å²) in [6, 6.07) is 0. The standard InChI is InChI=1S/C18H32O6.Na/c1-3-4-5-6-7-8-9-10-11-12-15(20)13-18(24,17(22)23)16(21)14(2)19;/h14,19,24H,3-13H2,1-2H3,(H,22,23);/q;+1/p-1. The quantitative estimate of drug-likeness (QED) is 0.203. The number of carbonyl (C=O) groups is 3. The van der Waals surface area contributed by atoms with E-state index in [2.05, 4.69) is 6.92 Å². The molecule has 0 fully saturated rings. The van der Waals surface area contributed by atoms with Crippen LogP contribution in [0.4, 0.5) is 0 Å². The topological polar surface area (TPSA) is 115 Å². The van der Waals surface area contributed by atoms with Crippen molar-refractivity contribution in [2.45, 2.75) is 96.2 Å². The first kappa shape index (κ1) is 27.0. The Labute approximate surface area is 172 Å². The third-order valence-electron chi connectivity index (χ3n) is 4.14. The van der Waals surface area contributed by atoms with Gasteiger partial charge in [-0.3, -0.25) is 9.59 Å². The summed E-state index contributed by atoms with van der Waals surface area (Å²) in [5.41, 5.74) is -2.94. The molecule has 0 rings (SSSR count). The van der Waals surface area contributed by atoms with Crippen LogP contribution in [0.1, 0.15) is 84.5 Å². The summed E-state index contributed by atoms with van der Waals surface area (Å²) in [5, 5.41) is 30.0. The van der Waals surface area contributed by atoms with Crippen molar-refractivity contribution in [2.24, 2.45) is 0 Å². The molecule has 0 aliphatic rings. The number of unbranched alkanes of at least 4 members (excludes halogenated alkanes) is 8. The number of carboxylic acid groups (broad SMARTS) is 1. The Morgan fingerprint density at radius 2 is 1.40 bits per heavy atom. The molecule has 0 aromatic heterocycles. The number of aliphatic hydroxyl groups is 2. The normalized spacial score (nSPS) is 14.2. The summed E-state index contributed by atoms with van der Waals surface area (Å²) < 4.78 is 0. The second kappa shape index (κ2) is 14.9. The zero-order valence-electron chi connectivity index (χ0n) is 15.9. The molecule has 0 saturated carbocycles. The van der Waals surface area contributed by atoms with Crippen molar-refractivity contribution in [1.29, 1.82) is 0 Å². The summed E-state index contributed by atoms with van der Waals surface area (Å²) in [6.45, 7) is 3.22. The summed E-state index contributed by atoms with van der Waals surface area (Å²) >= 11 is 0. The van der Waals surface area contributed by atoms with Crippen molar-refractivity contribution in [2.75, 3.05) is 0 Å². The van der Waals surface area contributed by atoms with Crippen LogP contribution >= 0.6 is 0 Å². The number of aliphatic hydroxyl groups excluding tert-OH is 1. The van der Waals surface area contributed by atoms with Gasteiger partial charge in [-0.25, -0.2) is 0 Å². The predicted molar refractivity (Wildman–Crippen MR) is 88.1 cm³/mol. The fourth-order valence-electron chi connectivity index (χ4n) is 2.61. The first-order chi connectivity index (χ1) is 11.3. The Bertz CT molecular complexity index is 410. The fraction of sp³-hybridized carbons (Fsp3) is 0.833. The van der Waals surface area contributed by atoms with Gasteiger partial charge >= 0.3 is 29.6 Å². The molecular weight excluding hydrogens is 335 g/mol. The molecule has 0 aliphatic heterocycles. The van der Waals surface area contributed by atoms with Crippen LogP contribution < -0.4 is 34.7 Å². The second-order valence-corrected chi connectivity index (χ2v) is 6.48. The Balaban J connectivity index is 0. The van der Waals surface area contributed by atoms with E-state index in [0.29, 0.717) is 6.42 Å². The summed E-state index contributed by atoms with van der Waals surface area (Å²) in [4.78, 5) is 34.4. The minimum atomic E-state index is -2.94. The van der Waals surface area contributed by atoms with Crippen LogP contribution in [0.2, 0.25) is 0 Å². The summed E-state index contributed by atoms with van der Waals surface area (Å²) in [6.07, 6.45) is 7.31. The first-order valence-electron chi connectivity index (χ1n) is 8.93. The number of ketones is 2. The van der Waals surface area contributed by atoms with Crippen molar-refractivity contribution < 1.29 is 59.3 Å². The molecule has 2 unspecified atom stereocenters. The monoisotopic (exact) mass is 366 g/mol. The molecule has 0 bridgehead atoms. The third kappa shape index (κ3) is 11.1. The molecule has 7 heteroatoms. The molecule has 2 N–H and O–H groups in total. The Kier molecular flexibility index (Phi) is 16.0. The first-order valence-corrected chi connectivity index (χ1v) is 8.93. The van der Waals surface area contributed by atoms with Crippen LogP contribution in [0, 0.1) is 0 Å². The predicted octanol–water partition coefficient (Wildman–Crippen LogP) is -1.70. The number of carbonyl (C=O) groups excluding carboxylic acids is 3. The SMILES string of the molecule is CCCCCCCCCCCC(=O)CC(O)(C(=O)[O-])C(=O)C(C)O.[Na+]. The van der Waals surface area contributed by atoms with E-state index in [9.17, 15) is 24.6 Å². The van der Waals surface area contributed by atoms with E-state index in [1.54, 1.807) is 0 Å². The van der Waals surface area contributed by atoms with Crippen LogP contribution in [-0.2, 0) is 14.4 Å². The third-order valence-corrected chi connectivity index (χ3v) is 4.14. The molecular formula is C18H31NaO6. The second-order valence-electron chi connectivity index (χ2n) is 6.48. The van der Waals surface area contributed by atoms with Gasteiger partial charge in [0.25, 0.3) is 0 Å². The van der Waals surface area contributed by atoms with E-state index in [-0.39, 0.29) is 36.0 Å². The van der Waals surface area contributed by atoms with Crippen molar-refractivity contribution in [3.63, 3.8) is 0 Å². The van der Waals surface area contributed by atoms with Crippen LogP contribution in [-0.4, -0.2) is 39.5 Å². The average Bonchev–Trinajstić information content (AvgIpc) is 2.52. The number of rotatable bonds is 15. The Morgan fingerprint density at radius 3 is 1.80 bits per heavy atom. The van der Waals surface area contributed by atoms with E-state index in [4.69, 9.17) is 5.11 Å². The van der Waals surface area contributed by atoms with Gasteiger partial charge in [-0.15, -0.1) is 0 Å². The number of hydrogen-bond donors (Lipinski definition) is 2. The maximum Gasteiger partial charge on any atom is 1.00 e. The van der Waals surface area contributed by atoms with Gasteiger partial charge in [0, 0.05) is 12.8 Å². The Morgan fingerprint density at radius 1 is 0.960 bits per heavy atom. The van der Waals surface area contributed by atoms with Crippen LogP contribution in [0.15, 0.2) is 0 Å². The number of Topliss-reactive ketones (excluding diaryl/α,β-unsaturated/α-hetero) is 2. The minimum Gasteiger partial charge on any atom is -0.546 e. The minimum absolute atomic E-state index is 0. The smallest absolute Gasteiger partial charge is 0.546 e. The number of hydrogen-bond acceptors (Lipinski definition) is 6. The average molecular weight is 366 g/mol. The Hall–Kier alpha value is -0.270. The molecule has 0 aromatic carbocycles. The molecule has 0 aliphatic carbocycles. The maximum atomic E-state index is 11.8. The van der Waals surface area contributed by atoms with Crippen LogP contribution in [0.3, 0.4) is 0 Å². The molecule has 6 nitrogen and oxygen atoms in total. The van der Waals surface area contributed by atoms with Gasteiger partial charge in [0.1, 0.15) is 11.9 Å². The number of carboxylic acids is 1. The van der Waals surface area contributed by atoms with Crippen molar-refractivity contribution in [1.82, 2.24) is 0 Å². The fourth-order valence-corrected chi connectivity index (χ4v) is 2.61. The van der Waals surface area contributed by atoms with Crippen molar-refractivity contribution in [3.8, 4) is 0 Å². The van der Waals surface area contributed by atoms with Gasteiger partial charge in [0.15, 0.2) is 11.4 Å². The zero-order valence-corrected chi connectivity index (χ0v) is 17.9. The molecule has 0 amide bonds. The number of aliphatic carboxylic acids is 1. The molecule has 0 spiro atoms. The van der Waals surface area contributed by atoms with E-state index in [0.717, 1.165) is 26.2 Å². The van der Waals surface area contributed by atoms with Crippen LogP contribution in [0.25, 0.3) is 0 Å². The maximum absolute atomic E-state index is 11.8. The van der Waals surface area contributed by atoms with Crippen LogP contribution in [0.5, 0.6) is 0 Å². The van der Waals surface area contributed by atoms with Gasteiger partial charge in [0.05, 0.1) is 5.97 Å². The molecule has 0 radical (unpaired) electrons. The van der Waals surface area contributed by atoms with Crippen molar-refractivity contribution in [3.05, 3.63) is 0 Å². The van der Waals surface area contributed by atoms with E-state index >= 15 is 0 Å². The molecule has 0 heterocycles. The molecule has 25 heavy (non-hydrogen) atoms. The van der Waals surface area contributed by atoms with E-state index in [1.165, 1.54) is 32.1 Å². The van der Waals surface area contributed by atoms with Gasteiger partial charge in [-0.05, 0) is 13.3 Å².